The summed E-state index contributed by atoms with van der Waals surface area (Å²) in [6.07, 6.45) is 6.07. The highest BCUT2D eigenvalue weighted by Crippen LogP contribution is 2.38. The zero-order chi connectivity index (χ0) is 22.7. The summed E-state index contributed by atoms with van der Waals surface area (Å²) in [7, 11) is 0. The van der Waals surface area contributed by atoms with Gasteiger partial charge in [-0.05, 0) is 59.9 Å². The molecule has 2 amide bonds. The van der Waals surface area contributed by atoms with Crippen molar-refractivity contribution in [3.05, 3.63) is 57.5 Å². The summed E-state index contributed by atoms with van der Waals surface area (Å²) in [5.41, 5.74) is 2.03. The second kappa shape index (κ2) is 10.2. The van der Waals surface area contributed by atoms with Crippen molar-refractivity contribution >= 4 is 23.2 Å². The van der Waals surface area contributed by atoms with Crippen LogP contribution in [0, 0.1) is 17.7 Å². The summed E-state index contributed by atoms with van der Waals surface area (Å²) in [5.74, 6) is 0.176. The summed E-state index contributed by atoms with van der Waals surface area (Å²) in [5, 5.41) is 2.06. The number of carbonyl (C=O) groups excluding carboxylic acids is 2. The third kappa shape index (κ3) is 5.06. The van der Waals surface area contributed by atoms with Crippen molar-refractivity contribution in [2.24, 2.45) is 11.8 Å². The topological polar surface area (TPSA) is 40.6 Å². The standard InChI is InChI=1S/C26H33FN2O2S/c1-18(2)16-28(26(31)20-6-4-3-5-7-20)17-24(30)29-14-12-23-22(13-15-32-23)25(29)19-8-10-21(27)11-9-19/h8-11,13,15,18,20,25H,3-7,12,14,16-17H2,1-2H3. The van der Waals surface area contributed by atoms with Crippen LogP contribution in [-0.2, 0) is 16.0 Å². The number of carbonyl (C=O) groups is 2. The lowest BCUT2D eigenvalue weighted by atomic mass is 9.88. The summed E-state index contributed by atoms with van der Waals surface area (Å²) in [4.78, 5) is 31.9. The quantitative estimate of drug-likeness (QED) is 0.582. The molecule has 0 bridgehead atoms. The van der Waals surface area contributed by atoms with Gasteiger partial charge in [-0.2, -0.15) is 0 Å². The molecule has 1 saturated carbocycles. The Morgan fingerprint density at radius 3 is 2.53 bits per heavy atom. The Kier molecular flexibility index (Phi) is 7.29. The molecule has 1 aromatic carbocycles. The number of fused-ring (bicyclic) bond motifs is 1. The first-order valence-electron chi connectivity index (χ1n) is 11.8. The fraction of sp³-hybridized carbons (Fsp3) is 0.538. The second-order valence-electron chi connectivity index (χ2n) is 9.54. The van der Waals surface area contributed by atoms with Crippen molar-refractivity contribution in [3.8, 4) is 0 Å². The lowest BCUT2D eigenvalue weighted by Crippen LogP contribution is -2.49. The number of halogens is 1. The Labute approximate surface area is 194 Å². The molecule has 1 aromatic heterocycles. The molecule has 2 heterocycles. The van der Waals surface area contributed by atoms with Crippen molar-refractivity contribution in [1.82, 2.24) is 9.80 Å². The van der Waals surface area contributed by atoms with Crippen molar-refractivity contribution in [2.45, 2.75) is 58.4 Å². The third-order valence-corrected chi connectivity index (χ3v) is 7.65. The van der Waals surface area contributed by atoms with Gasteiger partial charge in [-0.1, -0.05) is 45.2 Å². The van der Waals surface area contributed by atoms with Gasteiger partial charge in [0.25, 0.3) is 0 Å². The number of rotatable bonds is 6. The van der Waals surface area contributed by atoms with E-state index in [-0.39, 0.29) is 36.1 Å². The van der Waals surface area contributed by atoms with Crippen LogP contribution in [0.5, 0.6) is 0 Å². The minimum absolute atomic E-state index is 0.0269. The molecule has 0 saturated heterocycles. The van der Waals surface area contributed by atoms with Gasteiger partial charge in [0, 0.05) is 23.9 Å². The van der Waals surface area contributed by atoms with E-state index < -0.39 is 0 Å². The SMILES string of the molecule is CC(C)CN(CC(=O)N1CCc2sccc2C1c1ccc(F)cc1)C(=O)C1CCCCC1. The molecule has 1 aliphatic heterocycles. The van der Waals surface area contributed by atoms with Gasteiger partial charge >= 0.3 is 0 Å². The van der Waals surface area contributed by atoms with Crippen molar-refractivity contribution < 1.29 is 14.0 Å². The van der Waals surface area contributed by atoms with E-state index in [0.717, 1.165) is 43.2 Å². The Hall–Kier alpha value is -2.21. The van der Waals surface area contributed by atoms with Crippen LogP contribution in [0.3, 0.4) is 0 Å². The molecule has 1 aliphatic carbocycles. The van der Waals surface area contributed by atoms with E-state index >= 15 is 0 Å². The first-order valence-corrected chi connectivity index (χ1v) is 12.7. The second-order valence-corrected chi connectivity index (χ2v) is 10.5. The number of thiophene rings is 1. The number of benzene rings is 1. The van der Waals surface area contributed by atoms with Gasteiger partial charge in [0.05, 0.1) is 12.6 Å². The van der Waals surface area contributed by atoms with Gasteiger partial charge < -0.3 is 9.80 Å². The molecule has 172 valence electrons. The smallest absolute Gasteiger partial charge is 0.242 e. The predicted octanol–water partition coefficient (Wildman–Crippen LogP) is 5.43. The normalized spacial score (nSPS) is 19.1. The minimum atomic E-state index is -0.283. The highest BCUT2D eigenvalue weighted by atomic mass is 32.1. The summed E-state index contributed by atoms with van der Waals surface area (Å²) < 4.78 is 13.6. The molecule has 0 spiro atoms. The zero-order valence-electron chi connectivity index (χ0n) is 19.1. The molecular weight excluding hydrogens is 423 g/mol. The number of hydrogen-bond donors (Lipinski definition) is 0. The molecule has 2 aliphatic rings. The van der Waals surface area contributed by atoms with E-state index in [0.29, 0.717) is 19.0 Å². The van der Waals surface area contributed by atoms with Gasteiger partial charge in [0.15, 0.2) is 0 Å². The summed E-state index contributed by atoms with van der Waals surface area (Å²) in [6.45, 7) is 5.50. The molecule has 32 heavy (non-hydrogen) atoms. The molecule has 0 radical (unpaired) electrons. The van der Waals surface area contributed by atoms with Crippen LogP contribution in [-0.4, -0.2) is 41.2 Å². The van der Waals surface area contributed by atoms with E-state index in [9.17, 15) is 14.0 Å². The first kappa shape index (κ1) is 23.0. The Bertz CT molecular complexity index is 934. The average molecular weight is 457 g/mol. The van der Waals surface area contributed by atoms with Crippen molar-refractivity contribution in [2.75, 3.05) is 19.6 Å². The maximum Gasteiger partial charge on any atom is 0.242 e. The van der Waals surface area contributed by atoms with E-state index in [1.54, 1.807) is 28.4 Å². The van der Waals surface area contributed by atoms with E-state index in [1.165, 1.54) is 23.4 Å². The largest absolute Gasteiger partial charge is 0.333 e. The van der Waals surface area contributed by atoms with E-state index in [1.807, 2.05) is 4.90 Å². The lowest BCUT2D eigenvalue weighted by Gasteiger charge is -2.38. The van der Waals surface area contributed by atoms with Gasteiger partial charge in [-0.25, -0.2) is 4.39 Å². The van der Waals surface area contributed by atoms with Crippen LogP contribution >= 0.6 is 11.3 Å². The predicted molar refractivity (Wildman–Crippen MR) is 126 cm³/mol. The minimum Gasteiger partial charge on any atom is -0.333 e. The van der Waals surface area contributed by atoms with Crippen LogP contribution in [0.25, 0.3) is 0 Å². The molecule has 2 aromatic rings. The first-order chi connectivity index (χ1) is 15.4. The highest BCUT2D eigenvalue weighted by Gasteiger charge is 2.35. The fourth-order valence-electron chi connectivity index (χ4n) is 5.12. The Balaban J connectivity index is 1.57. The van der Waals surface area contributed by atoms with E-state index in [4.69, 9.17) is 0 Å². The third-order valence-electron chi connectivity index (χ3n) is 6.65. The molecule has 4 rings (SSSR count). The molecule has 4 nitrogen and oxygen atoms in total. The molecular formula is C26H33FN2O2S. The fourth-order valence-corrected chi connectivity index (χ4v) is 6.03. The van der Waals surface area contributed by atoms with Crippen LogP contribution in [0.4, 0.5) is 4.39 Å². The molecule has 1 atom stereocenters. The summed E-state index contributed by atoms with van der Waals surface area (Å²) in [6, 6.07) is 8.29. The maximum atomic E-state index is 13.6. The average Bonchev–Trinajstić information content (AvgIpc) is 3.27. The van der Waals surface area contributed by atoms with Crippen LogP contribution < -0.4 is 0 Å². The van der Waals surface area contributed by atoms with Gasteiger partial charge in [-0.15, -0.1) is 11.3 Å². The molecule has 0 N–H and O–H groups in total. The van der Waals surface area contributed by atoms with Crippen molar-refractivity contribution in [1.29, 1.82) is 0 Å². The molecule has 1 unspecified atom stereocenters. The van der Waals surface area contributed by atoms with E-state index in [2.05, 4.69) is 25.3 Å². The monoisotopic (exact) mass is 456 g/mol. The Morgan fingerprint density at radius 2 is 1.84 bits per heavy atom. The molecule has 6 heteroatoms. The molecule has 1 fully saturated rings. The van der Waals surface area contributed by atoms with Crippen LogP contribution in [0.15, 0.2) is 35.7 Å². The lowest BCUT2D eigenvalue weighted by molar-refractivity contribution is -0.145. The van der Waals surface area contributed by atoms with Gasteiger partial charge in [0.1, 0.15) is 5.82 Å². The van der Waals surface area contributed by atoms with Gasteiger partial charge in [0.2, 0.25) is 11.8 Å². The number of nitrogens with zero attached hydrogens (tertiary/aromatic N) is 2. The number of amides is 2. The maximum absolute atomic E-state index is 13.6. The highest BCUT2D eigenvalue weighted by molar-refractivity contribution is 7.10. The van der Waals surface area contributed by atoms with Crippen LogP contribution in [0.1, 0.15) is 68.0 Å². The van der Waals surface area contributed by atoms with Crippen molar-refractivity contribution in [3.63, 3.8) is 0 Å². The zero-order valence-corrected chi connectivity index (χ0v) is 19.9. The summed E-state index contributed by atoms with van der Waals surface area (Å²) >= 11 is 1.71. The number of hydrogen-bond acceptors (Lipinski definition) is 3. The van der Waals surface area contributed by atoms with Crippen LogP contribution in [0.2, 0.25) is 0 Å². The Morgan fingerprint density at radius 1 is 1.12 bits per heavy atom. The van der Waals surface area contributed by atoms with Gasteiger partial charge in [-0.3, -0.25) is 9.59 Å².